The number of imidazole rings is 1. The molecule has 0 saturated heterocycles. The Labute approximate surface area is 115 Å². The molecule has 2 aromatic heterocycles. The average molecular weight is 335 g/mol. The largest absolute Gasteiger partial charge is 0.405 e. The summed E-state index contributed by atoms with van der Waals surface area (Å²) in [5, 5.41) is 0. The Morgan fingerprint density at radius 2 is 2.16 bits per heavy atom. The quantitative estimate of drug-likeness (QED) is 0.865. The fraction of sp³-hybridized carbons (Fsp3) is 0.455. The van der Waals surface area contributed by atoms with Gasteiger partial charge in [-0.1, -0.05) is 0 Å². The molecular weight excluding hydrogens is 325 g/mol. The fourth-order valence-corrected chi connectivity index (χ4v) is 2.42. The molecule has 0 spiro atoms. The van der Waals surface area contributed by atoms with Crippen LogP contribution in [0.4, 0.5) is 19.0 Å². The zero-order valence-corrected chi connectivity index (χ0v) is 11.3. The Morgan fingerprint density at radius 3 is 2.79 bits per heavy atom. The number of rotatable bonds is 3. The van der Waals surface area contributed by atoms with Gasteiger partial charge in [-0.25, -0.2) is 9.97 Å². The van der Waals surface area contributed by atoms with E-state index in [9.17, 15) is 13.2 Å². The van der Waals surface area contributed by atoms with Gasteiger partial charge in [0, 0.05) is 24.6 Å². The number of alkyl halides is 3. The lowest BCUT2D eigenvalue weighted by atomic mass is 10.4. The van der Waals surface area contributed by atoms with E-state index in [1.54, 1.807) is 23.0 Å². The Morgan fingerprint density at radius 1 is 1.42 bits per heavy atom. The van der Waals surface area contributed by atoms with Crippen LogP contribution in [0.1, 0.15) is 12.8 Å². The Balaban J connectivity index is 2.06. The smallest absolute Gasteiger partial charge is 0.341 e. The number of fused-ring (bicyclic) bond motifs is 1. The zero-order valence-electron chi connectivity index (χ0n) is 9.73. The van der Waals surface area contributed by atoms with Gasteiger partial charge >= 0.3 is 6.18 Å². The number of halogens is 4. The van der Waals surface area contributed by atoms with E-state index in [2.05, 4.69) is 25.9 Å². The number of hydrogen-bond acceptors (Lipinski definition) is 3. The van der Waals surface area contributed by atoms with Crippen LogP contribution in [0.3, 0.4) is 0 Å². The molecule has 0 aliphatic heterocycles. The zero-order chi connectivity index (χ0) is 13.6. The fourth-order valence-electron chi connectivity index (χ4n) is 2.03. The van der Waals surface area contributed by atoms with Crippen LogP contribution in [-0.4, -0.2) is 33.1 Å². The van der Waals surface area contributed by atoms with Crippen LogP contribution in [-0.2, 0) is 0 Å². The molecule has 8 heteroatoms. The van der Waals surface area contributed by atoms with Gasteiger partial charge in [0.25, 0.3) is 0 Å². The van der Waals surface area contributed by atoms with Gasteiger partial charge in [-0.05, 0) is 28.8 Å². The highest BCUT2D eigenvalue weighted by Gasteiger charge is 2.39. The van der Waals surface area contributed by atoms with Gasteiger partial charge in [0.2, 0.25) is 0 Å². The van der Waals surface area contributed by atoms with E-state index in [0.29, 0.717) is 10.3 Å². The highest BCUT2D eigenvalue weighted by Crippen LogP contribution is 2.35. The van der Waals surface area contributed by atoms with E-state index >= 15 is 0 Å². The summed E-state index contributed by atoms with van der Waals surface area (Å²) < 4.78 is 40.2. The van der Waals surface area contributed by atoms with Gasteiger partial charge in [0.05, 0.1) is 0 Å². The van der Waals surface area contributed by atoms with Crippen LogP contribution < -0.4 is 4.90 Å². The Bertz CT molecular complexity index is 605. The summed E-state index contributed by atoms with van der Waals surface area (Å²) in [6.07, 6.45) is 2.17. The first-order chi connectivity index (χ1) is 8.94. The third-order valence-electron chi connectivity index (χ3n) is 2.94. The van der Waals surface area contributed by atoms with Crippen LogP contribution in [0.2, 0.25) is 0 Å². The minimum atomic E-state index is -4.25. The summed E-state index contributed by atoms with van der Waals surface area (Å²) >= 11 is 3.22. The maximum absolute atomic E-state index is 12.7. The normalized spacial score (nSPS) is 16.0. The maximum Gasteiger partial charge on any atom is 0.405 e. The second-order valence-corrected chi connectivity index (χ2v) is 5.33. The van der Waals surface area contributed by atoms with Gasteiger partial charge in [-0.3, -0.25) is 0 Å². The summed E-state index contributed by atoms with van der Waals surface area (Å²) in [5.74, 6) is 0.277. The summed E-state index contributed by atoms with van der Waals surface area (Å²) in [7, 11) is 0. The predicted molar refractivity (Wildman–Crippen MR) is 67.1 cm³/mol. The first-order valence-corrected chi connectivity index (χ1v) is 6.56. The Hall–Kier alpha value is -1.31. The molecule has 1 fully saturated rings. The van der Waals surface area contributed by atoms with Gasteiger partial charge in [0.1, 0.15) is 11.1 Å². The summed E-state index contributed by atoms with van der Waals surface area (Å²) in [6.45, 7) is -0.996. The monoisotopic (exact) mass is 334 g/mol. The van der Waals surface area contributed by atoms with E-state index in [0.717, 1.165) is 12.8 Å². The number of anilines is 1. The molecule has 0 amide bonds. The summed E-state index contributed by atoms with van der Waals surface area (Å²) in [5.41, 5.74) is 0.444. The van der Waals surface area contributed by atoms with Crippen LogP contribution in [0.15, 0.2) is 23.2 Å². The Kier molecular flexibility index (Phi) is 2.92. The minimum Gasteiger partial charge on any atom is -0.341 e. The van der Waals surface area contributed by atoms with Crippen molar-refractivity contribution in [3.63, 3.8) is 0 Å². The number of nitrogens with zero attached hydrogens (tertiary/aromatic N) is 4. The molecule has 1 aliphatic carbocycles. The van der Waals surface area contributed by atoms with Crippen LogP contribution >= 0.6 is 15.9 Å². The van der Waals surface area contributed by atoms with Gasteiger partial charge in [-0.2, -0.15) is 13.2 Å². The third kappa shape index (κ3) is 2.68. The summed E-state index contributed by atoms with van der Waals surface area (Å²) in [4.78, 5) is 9.57. The third-order valence-corrected chi connectivity index (χ3v) is 3.32. The van der Waals surface area contributed by atoms with Crippen molar-refractivity contribution in [1.82, 2.24) is 14.4 Å². The van der Waals surface area contributed by atoms with E-state index in [-0.39, 0.29) is 11.9 Å². The first-order valence-electron chi connectivity index (χ1n) is 5.77. The molecule has 1 aliphatic rings. The molecule has 1 saturated carbocycles. The second kappa shape index (κ2) is 4.36. The standard InChI is InChI=1S/C11H10BrF3N4/c12-8-5-18-4-3-16-9(18)10(17-8)19(7-1-2-7)6-11(13,14)15/h3-5,7H,1-2,6H2. The highest BCUT2D eigenvalue weighted by molar-refractivity contribution is 9.10. The predicted octanol–water partition coefficient (Wildman–Crippen LogP) is 3.02. The van der Waals surface area contributed by atoms with Gasteiger partial charge in [0.15, 0.2) is 11.5 Å². The van der Waals surface area contributed by atoms with Crippen LogP contribution in [0.5, 0.6) is 0 Å². The molecule has 0 bridgehead atoms. The van der Waals surface area contributed by atoms with Crippen molar-refractivity contribution in [2.75, 3.05) is 11.4 Å². The number of aromatic nitrogens is 3. The van der Waals surface area contributed by atoms with Crippen molar-refractivity contribution in [3.8, 4) is 0 Å². The van der Waals surface area contributed by atoms with E-state index in [1.165, 1.54) is 4.90 Å². The van der Waals surface area contributed by atoms with Crippen molar-refractivity contribution < 1.29 is 13.2 Å². The SMILES string of the molecule is FC(F)(F)CN(c1nc(Br)cn2ccnc12)C1CC1. The molecule has 4 nitrogen and oxygen atoms in total. The van der Waals surface area contributed by atoms with Crippen molar-refractivity contribution >= 4 is 27.4 Å². The lowest BCUT2D eigenvalue weighted by Crippen LogP contribution is -2.37. The molecule has 0 N–H and O–H groups in total. The van der Waals surface area contributed by atoms with E-state index < -0.39 is 12.7 Å². The van der Waals surface area contributed by atoms with Crippen molar-refractivity contribution in [2.24, 2.45) is 0 Å². The average Bonchev–Trinajstić information content (AvgIpc) is 3.03. The van der Waals surface area contributed by atoms with Crippen LogP contribution in [0.25, 0.3) is 5.65 Å². The molecule has 3 rings (SSSR count). The van der Waals surface area contributed by atoms with Crippen molar-refractivity contribution in [1.29, 1.82) is 0 Å². The molecule has 2 heterocycles. The lowest BCUT2D eigenvalue weighted by molar-refractivity contribution is -0.120. The lowest BCUT2D eigenvalue weighted by Gasteiger charge is -2.25. The molecule has 0 aromatic carbocycles. The first kappa shape index (κ1) is 12.7. The number of hydrogen-bond donors (Lipinski definition) is 0. The van der Waals surface area contributed by atoms with Crippen LogP contribution in [0, 0.1) is 0 Å². The van der Waals surface area contributed by atoms with Crippen molar-refractivity contribution in [3.05, 3.63) is 23.2 Å². The van der Waals surface area contributed by atoms with E-state index in [4.69, 9.17) is 0 Å². The topological polar surface area (TPSA) is 33.4 Å². The molecule has 0 radical (unpaired) electrons. The maximum atomic E-state index is 12.7. The highest BCUT2D eigenvalue weighted by atomic mass is 79.9. The molecule has 2 aromatic rings. The van der Waals surface area contributed by atoms with E-state index in [1.807, 2.05) is 0 Å². The van der Waals surface area contributed by atoms with Crippen molar-refractivity contribution in [2.45, 2.75) is 25.1 Å². The van der Waals surface area contributed by atoms with Gasteiger partial charge < -0.3 is 9.30 Å². The molecule has 19 heavy (non-hydrogen) atoms. The minimum absolute atomic E-state index is 0.0936. The van der Waals surface area contributed by atoms with Gasteiger partial charge in [-0.15, -0.1) is 0 Å². The second-order valence-electron chi connectivity index (χ2n) is 4.52. The molecule has 102 valence electrons. The summed E-state index contributed by atoms with van der Waals surface area (Å²) in [6, 6.07) is -0.0936. The molecule has 0 atom stereocenters. The molecular formula is C11H10BrF3N4. The molecule has 0 unspecified atom stereocenters.